The second-order valence-electron chi connectivity index (χ2n) is 3.61. The minimum atomic E-state index is -1.06. The zero-order valence-corrected chi connectivity index (χ0v) is 12.9. The first kappa shape index (κ1) is 14.4. The van der Waals surface area contributed by atoms with Gasteiger partial charge in [-0.1, -0.05) is 23.7 Å². The first-order chi connectivity index (χ1) is 9.02. The number of benzene rings is 1. The molecule has 0 spiro atoms. The summed E-state index contributed by atoms with van der Waals surface area (Å²) in [5, 5.41) is 10.3. The fourth-order valence-electron chi connectivity index (χ4n) is 1.50. The Morgan fingerprint density at radius 3 is 2.95 bits per heavy atom. The van der Waals surface area contributed by atoms with Crippen LogP contribution in [0, 0.1) is 0 Å². The molecule has 0 bridgehead atoms. The molecule has 1 aromatic heterocycles. The van der Waals surface area contributed by atoms with Crippen LogP contribution in [-0.2, 0) is 4.79 Å². The predicted molar refractivity (Wildman–Crippen MR) is 80.0 cm³/mol. The highest BCUT2D eigenvalue weighted by Gasteiger charge is 2.20. The molecule has 19 heavy (non-hydrogen) atoms. The van der Waals surface area contributed by atoms with Crippen LogP contribution in [0.3, 0.4) is 0 Å². The quantitative estimate of drug-likeness (QED) is 0.838. The normalized spacial score (nSPS) is 12.4. The summed E-state index contributed by atoms with van der Waals surface area (Å²) >= 11 is 10.5. The molecular formula is C12H9BrClNO3S. The van der Waals surface area contributed by atoms with Crippen molar-refractivity contribution in [2.45, 2.75) is 5.44 Å². The van der Waals surface area contributed by atoms with Gasteiger partial charge in [-0.2, -0.15) is 0 Å². The summed E-state index contributed by atoms with van der Waals surface area (Å²) < 4.78 is 5.95. The number of hydrogen-bond acceptors (Lipinski definition) is 4. The number of carbonyl (C=O) groups is 1. The number of rotatable bonds is 4. The maximum atomic E-state index is 11.0. The third kappa shape index (κ3) is 3.13. The van der Waals surface area contributed by atoms with E-state index in [1.165, 1.54) is 0 Å². The smallest absolute Gasteiger partial charge is 0.355 e. The Balaban J connectivity index is 2.46. The van der Waals surface area contributed by atoms with Gasteiger partial charge in [-0.15, -0.1) is 11.8 Å². The molecule has 0 aliphatic carbocycles. The van der Waals surface area contributed by atoms with Crippen LogP contribution in [0.1, 0.15) is 0 Å². The topological polar surface area (TPSA) is 59.4 Å². The lowest BCUT2D eigenvalue weighted by atomic mass is 10.2. The van der Waals surface area contributed by atoms with Gasteiger partial charge in [-0.3, -0.25) is 0 Å². The van der Waals surface area contributed by atoms with Gasteiger partial charge in [0, 0.05) is 5.39 Å². The molecule has 7 heteroatoms. The summed E-state index contributed by atoms with van der Waals surface area (Å²) in [7, 11) is 0. The average Bonchev–Trinajstić information content (AvgIpc) is 2.36. The monoisotopic (exact) mass is 361 g/mol. The molecule has 0 radical (unpaired) electrons. The Kier molecular flexibility index (Phi) is 4.54. The van der Waals surface area contributed by atoms with Gasteiger partial charge in [-0.05, 0) is 34.3 Å². The summed E-state index contributed by atoms with van der Waals surface area (Å²) in [6.45, 7) is 0. The van der Waals surface area contributed by atoms with E-state index < -0.39 is 11.4 Å². The summed E-state index contributed by atoms with van der Waals surface area (Å²) in [5.74, 6) is -0.845. The first-order valence-corrected chi connectivity index (χ1v) is 7.66. The van der Waals surface area contributed by atoms with E-state index in [1.807, 2.05) is 12.1 Å². The number of para-hydroxylation sites is 1. The summed E-state index contributed by atoms with van der Waals surface area (Å²) in [4.78, 5) is 15.2. The zero-order valence-electron chi connectivity index (χ0n) is 9.76. The van der Waals surface area contributed by atoms with Crippen LogP contribution >= 0.6 is 39.3 Å². The highest BCUT2D eigenvalue weighted by atomic mass is 79.9. The molecule has 0 aliphatic heterocycles. The predicted octanol–water partition coefficient (Wildman–Crippen LogP) is 3.80. The van der Waals surface area contributed by atoms with Gasteiger partial charge < -0.3 is 9.84 Å². The molecule has 2 aromatic rings. The van der Waals surface area contributed by atoms with Crippen LogP contribution in [0.25, 0.3) is 10.9 Å². The summed E-state index contributed by atoms with van der Waals surface area (Å²) in [6.07, 6.45) is 1.65. The average molecular weight is 363 g/mol. The Labute approximate surface area is 127 Å². The minimum Gasteiger partial charge on any atom is -0.478 e. The van der Waals surface area contributed by atoms with Gasteiger partial charge in [0.15, 0.2) is 0 Å². The lowest BCUT2D eigenvalue weighted by molar-refractivity contribution is -0.141. The van der Waals surface area contributed by atoms with Gasteiger partial charge in [-0.25, -0.2) is 9.78 Å². The van der Waals surface area contributed by atoms with Crippen LogP contribution < -0.4 is 4.74 Å². The molecule has 100 valence electrons. The van der Waals surface area contributed by atoms with Crippen molar-refractivity contribution < 1.29 is 14.6 Å². The number of pyridine rings is 1. The van der Waals surface area contributed by atoms with E-state index in [2.05, 4.69) is 20.9 Å². The van der Waals surface area contributed by atoms with Gasteiger partial charge >= 0.3 is 5.97 Å². The summed E-state index contributed by atoms with van der Waals surface area (Å²) in [5.41, 5.74) is -0.434. The number of ether oxygens (including phenoxy) is 1. The maximum absolute atomic E-state index is 11.0. The lowest BCUT2D eigenvalue weighted by Gasteiger charge is -2.13. The number of carboxylic acid groups (broad SMARTS) is 1. The van der Waals surface area contributed by atoms with Crippen molar-refractivity contribution in [2.75, 3.05) is 6.26 Å². The largest absolute Gasteiger partial charge is 0.478 e. The standard InChI is InChI=1S/C12H9BrClNO3S/c1-19-12(11(16)17)18-10-7(13)5-6-3-2-4-8(14)9(6)15-10/h2-5,12H,1H3,(H,16,17). The third-order valence-corrected chi connectivity index (χ3v) is 3.95. The minimum absolute atomic E-state index is 0.211. The van der Waals surface area contributed by atoms with Gasteiger partial charge in [0.05, 0.1) is 15.0 Å². The number of fused-ring (bicyclic) bond motifs is 1. The molecule has 0 fully saturated rings. The number of thioether (sulfide) groups is 1. The molecule has 0 amide bonds. The molecule has 4 nitrogen and oxygen atoms in total. The highest BCUT2D eigenvalue weighted by Crippen LogP contribution is 2.31. The van der Waals surface area contributed by atoms with Crippen molar-refractivity contribution in [3.8, 4) is 5.88 Å². The van der Waals surface area contributed by atoms with E-state index in [4.69, 9.17) is 21.4 Å². The number of carboxylic acids is 1. The maximum Gasteiger partial charge on any atom is 0.355 e. The van der Waals surface area contributed by atoms with Crippen molar-refractivity contribution in [1.29, 1.82) is 0 Å². The molecule has 0 aliphatic rings. The number of hydrogen-bond donors (Lipinski definition) is 1. The Morgan fingerprint density at radius 2 is 2.32 bits per heavy atom. The molecule has 1 N–H and O–H groups in total. The van der Waals surface area contributed by atoms with Gasteiger partial charge in [0.1, 0.15) is 0 Å². The molecule has 1 unspecified atom stereocenters. The van der Waals surface area contributed by atoms with E-state index in [0.29, 0.717) is 15.0 Å². The molecule has 1 atom stereocenters. The number of nitrogens with zero attached hydrogens (tertiary/aromatic N) is 1. The highest BCUT2D eigenvalue weighted by molar-refractivity contribution is 9.10. The Morgan fingerprint density at radius 1 is 1.58 bits per heavy atom. The molecule has 2 rings (SSSR count). The molecule has 1 aromatic carbocycles. The van der Waals surface area contributed by atoms with Crippen molar-refractivity contribution in [3.05, 3.63) is 33.8 Å². The third-order valence-electron chi connectivity index (χ3n) is 2.35. The van der Waals surface area contributed by atoms with E-state index in [1.54, 1.807) is 18.4 Å². The second kappa shape index (κ2) is 5.98. The molecule has 1 heterocycles. The number of halogens is 2. The molecule has 0 saturated carbocycles. The summed E-state index contributed by atoms with van der Waals surface area (Å²) in [6, 6.07) is 7.20. The van der Waals surface area contributed by atoms with Crippen LogP contribution in [0.15, 0.2) is 28.7 Å². The van der Waals surface area contributed by atoms with Crippen molar-refractivity contribution in [1.82, 2.24) is 4.98 Å². The van der Waals surface area contributed by atoms with E-state index in [0.717, 1.165) is 17.1 Å². The fourth-order valence-corrected chi connectivity index (χ4v) is 2.54. The molecular weight excluding hydrogens is 354 g/mol. The van der Waals surface area contributed by atoms with Crippen molar-refractivity contribution in [2.24, 2.45) is 0 Å². The molecule has 0 saturated heterocycles. The van der Waals surface area contributed by atoms with Crippen LogP contribution in [0.2, 0.25) is 5.02 Å². The van der Waals surface area contributed by atoms with Crippen molar-refractivity contribution >= 4 is 56.2 Å². The van der Waals surface area contributed by atoms with E-state index >= 15 is 0 Å². The first-order valence-electron chi connectivity index (χ1n) is 5.20. The lowest BCUT2D eigenvalue weighted by Crippen LogP contribution is -2.23. The van der Waals surface area contributed by atoms with Crippen LogP contribution in [0.4, 0.5) is 0 Å². The van der Waals surface area contributed by atoms with Gasteiger partial charge in [0.25, 0.3) is 0 Å². The van der Waals surface area contributed by atoms with E-state index in [-0.39, 0.29) is 5.88 Å². The number of aliphatic carboxylic acids is 1. The number of aromatic nitrogens is 1. The van der Waals surface area contributed by atoms with Crippen LogP contribution in [-0.4, -0.2) is 27.8 Å². The second-order valence-corrected chi connectivity index (χ2v) is 5.77. The van der Waals surface area contributed by atoms with E-state index in [9.17, 15) is 4.79 Å². The Hall–Kier alpha value is -0.980. The fraction of sp³-hybridized carbons (Fsp3) is 0.167. The van der Waals surface area contributed by atoms with Crippen LogP contribution in [0.5, 0.6) is 5.88 Å². The van der Waals surface area contributed by atoms with Gasteiger partial charge in [0.2, 0.25) is 11.3 Å². The SMILES string of the molecule is CSC(Oc1nc2c(Cl)cccc2cc1Br)C(=O)O. The Bertz CT molecular complexity index is 638. The zero-order chi connectivity index (χ0) is 14.0. The van der Waals surface area contributed by atoms with Crippen molar-refractivity contribution in [3.63, 3.8) is 0 Å².